The van der Waals surface area contributed by atoms with Crippen LogP contribution >= 0.6 is 11.6 Å². The average molecular weight is 286 g/mol. The fraction of sp³-hybridized carbons (Fsp3) is 0.500. The van der Waals surface area contributed by atoms with Crippen LogP contribution in [0.4, 0.5) is 0 Å². The van der Waals surface area contributed by atoms with Crippen molar-refractivity contribution < 1.29 is 14.9 Å². The number of hydrogen-bond acceptors (Lipinski definition) is 6. The number of H-pyrrole nitrogens is 1. The zero-order chi connectivity index (χ0) is 13.6. The molecule has 0 amide bonds. The number of ether oxygens (including phenoxy) is 1. The molecule has 1 unspecified atom stereocenters. The molecule has 8 nitrogen and oxygen atoms in total. The van der Waals surface area contributed by atoms with E-state index in [4.69, 9.17) is 26.9 Å². The molecule has 1 fully saturated rings. The van der Waals surface area contributed by atoms with E-state index in [1.165, 1.54) is 10.9 Å². The van der Waals surface area contributed by atoms with Gasteiger partial charge in [0.25, 0.3) is 0 Å². The SMILES string of the molecule is N=c1c2[nH]cnc2nc(Cl)n1C1C[C@H](O)[C@@H](CO)O1. The summed E-state index contributed by atoms with van der Waals surface area (Å²) >= 11 is 6.04. The van der Waals surface area contributed by atoms with E-state index in [1.54, 1.807) is 0 Å². The molecule has 0 aromatic carbocycles. The van der Waals surface area contributed by atoms with E-state index in [1.807, 2.05) is 0 Å². The Bertz CT molecular complexity index is 669. The van der Waals surface area contributed by atoms with Gasteiger partial charge in [-0.25, -0.2) is 4.98 Å². The number of nitrogens with one attached hydrogen (secondary N) is 2. The quantitative estimate of drug-likeness (QED) is 0.556. The number of fused-ring (bicyclic) bond motifs is 1. The summed E-state index contributed by atoms with van der Waals surface area (Å²) in [6.45, 7) is -0.289. The molecule has 19 heavy (non-hydrogen) atoms. The highest BCUT2D eigenvalue weighted by Gasteiger charge is 2.35. The van der Waals surface area contributed by atoms with Crippen molar-refractivity contribution in [1.82, 2.24) is 19.5 Å². The standard InChI is InChI=1S/C10H12ClN5O3/c11-10-15-9-7(13-3-14-9)8(12)16(10)6-1-4(18)5(2-17)19-6/h3-6,12,17-18H,1-2H2,(H,13,14)/t4-,5+,6?/m0/s1. The summed E-state index contributed by atoms with van der Waals surface area (Å²) in [5, 5.41) is 27.0. The summed E-state index contributed by atoms with van der Waals surface area (Å²) in [5.74, 6) is 0. The van der Waals surface area contributed by atoms with Gasteiger partial charge in [0, 0.05) is 6.42 Å². The lowest BCUT2D eigenvalue weighted by atomic mass is 10.2. The Morgan fingerprint density at radius 2 is 2.42 bits per heavy atom. The highest BCUT2D eigenvalue weighted by molar-refractivity contribution is 6.28. The Hall–Kier alpha value is -1.48. The van der Waals surface area contributed by atoms with Gasteiger partial charge in [0.15, 0.2) is 11.1 Å². The minimum Gasteiger partial charge on any atom is -0.394 e. The molecule has 0 radical (unpaired) electrons. The topological polar surface area (TPSA) is 120 Å². The number of rotatable bonds is 2. The maximum Gasteiger partial charge on any atom is 0.208 e. The fourth-order valence-electron chi connectivity index (χ4n) is 2.20. The van der Waals surface area contributed by atoms with Gasteiger partial charge in [-0.1, -0.05) is 0 Å². The van der Waals surface area contributed by atoms with E-state index in [2.05, 4.69) is 15.0 Å². The third-order valence-corrected chi connectivity index (χ3v) is 3.43. The van der Waals surface area contributed by atoms with Gasteiger partial charge in [-0.2, -0.15) is 4.98 Å². The molecule has 3 heterocycles. The number of aromatic nitrogens is 4. The van der Waals surface area contributed by atoms with Crippen molar-refractivity contribution in [2.45, 2.75) is 24.9 Å². The van der Waals surface area contributed by atoms with Crippen molar-refractivity contribution in [3.05, 3.63) is 17.1 Å². The minimum atomic E-state index is -0.796. The van der Waals surface area contributed by atoms with Crippen LogP contribution in [-0.4, -0.2) is 48.5 Å². The first-order valence-corrected chi connectivity index (χ1v) is 6.09. The second-order valence-corrected chi connectivity index (χ2v) is 4.65. The first kappa shape index (κ1) is 12.5. The summed E-state index contributed by atoms with van der Waals surface area (Å²) < 4.78 is 6.84. The molecule has 1 saturated heterocycles. The largest absolute Gasteiger partial charge is 0.394 e. The zero-order valence-corrected chi connectivity index (χ0v) is 10.5. The van der Waals surface area contributed by atoms with Crippen LogP contribution in [0.1, 0.15) is 12.6 Å². The Balaban J connectivity index is 2.08. The first-order chi connectivity index (χ1) is 9.11. The van der Waals surface area contributed by atoms with E-state index in [0.717, 1.165) is 0 Å². The molecule has 102 valence electrons. The Morgan fingerprint density at radius 3 is 3.11 bits per heavy atom. The van der Waals surface area contributed by atoms with Crippen LogP contribution in [-0.2, 0) is 4.74 Å². The van der Waals surface area contributed by atoms with E-state index >= 15 is 0 Å². The number of nitrogens with zero attached hydrogens (tertiary/aromatic N) is 3. The summed E-state index contributed by atoms with van der Waals surface area (Å²) in [5.41, 5.74) is 0.863. The highest BCUT2D eigenvalue weighted by atomic mass is 35.5. The molecule has 9 heteroatoms. The summed E-state index contributed by atoms with van der Waals surface area (Å²) in [7, 11) is 0. The number of aromatic amines is 1. The molecule has 0 saturated carbocycles. The predicted molar refractivity (Wildman–Crippen MR) is 64.4 cm³/mol. The smallest absolute Gasteiger partial charge is 0.208 e. The van der Waals surface area contributed by atoms with E-state index in [9.17, 15) is 5.11 Å². The summed E-state index contributed by atoms with van der Waals surface area (Å²) in [6.07, 6.45) is -0.437. The lowest BCUT2D eigenvalue weighted by Gasteiger charge is -2.16. The van der Waals surface area contributed by atoms with Crippen molar-refractivity contribution >= 4 is 22.8 Å². The number of halogens is 1. The molecule has 3 atom stereocenters. The molecule has 2 aromatic rings. The molecule has 3 rings (SSSR count). The van der Waals surface area contributed by atoms with E-state index < -0.39 is 18.4 Å². The van der Waals surface area contributed by atoms with Crippen molar-refractivity contribution in [1.29, 1.82) is 5.41 Å². The van der Waals surface area contributed by atoms with Crippen LogP contribution in [0.5, 0.6) is 0 Å². The van der Waals surface area contributed by atoms with Crippen molar-refractivity contribution in [3.8, 4) is 0 Å². The van der Waals surface area contributed by atoms with Gasteiger partial charge in [0.2, 0.25) is 5.28 Å². The Labute approximate surface area is 112 Å². The first-order valence-electron chi connectivity index (χ1n) is 5.72. The van der Waals surface area contributed by atoms with Gasteiger partial charge >= 0.3 is 0 Å². The number of hydrogen-bond donors (Lipinski definition) is 4. The van der Waals surface area contributed by atoms with Crippen LogP contribution in [0.2, 0.25) is 5.28 Å². The lowest BCUT2D eigenvalue weighted by molar-refractivity contribution is -0.0458. The second-order valence-electron chi connectivity index (χ2n) is 4.32. The maximum absolute atomic E-state index is 9.73. The predicted octanol–water partition coefficient (Wildman–Crippen LogP) is -0.467. The van der Waals surface area contributed by atoms with Crippen molar-refractivity contribution in [2.24, 2.45) is 0 Å². The van der Waals surface area contributed by atoms with Gasteiger partial charge in [0.1, 0.15) is 17.8 Å². The van der Waals surface area contributed by atoms with Crippen molar-refractivity contribution in [3.63, 3.8) is 0 Å². The van der Waals surface area contributed by atoms with Crippen LogP contribution in [0.3, 0.4) is 0 Å². The van der Waals surface area contributed by atoms with Gasteiger partial charge in [0.05, 0.1) is 19.0 Å². The van der Waals surface area contributed by atoms with Gasteiger partial charge in [-0.3, -0.25) is 9.98 Å². The number of aliphatic hydroxyl groups excluding tert-OH is 2. The van der Waals surface area contributed by atoms with Gasteiger partial charge < -0.3 is 19.9 Å². The van der Waals surface area contributed by atoms with Crippen LogP contribution in [0.15, 0.2) is 6.33 Å². The molecule has 0 spiro atoms. The van der Waals surface area contributed by atoms with Crippen LogP contribution in [0.25, 0.3) is 11.2 Å². The molecule has 1 aliphatic rings. The molecular weight excluding hydrogens is 274 g/mol. The van der Waals surface area contributed by atoms with Gasteiger partial charge in [-0.15, -0.1) is 0 Å². The van der Waals surface area contributed by atoms with E-state index in [0.29, 0.717) is 11.2 Å². The number of aliphatic hydroxyl groups is 2. The molecule has 4 N–H and O–H groups in total. The van der Waals surface area contributed by atoms with Crippen molar-refractivity contribution in [2.75, 3.05) is 6.61 Å². The Kier molecular flexibility index (Phi) is 3.02. The molecule has 1 aliphatic heterocycles. The normalized spacial score (nSPS) is 27.2. The third kappa shape index (κ3) is 1.93. The molecule has 2 aromatic heterocycles. The fourth-order valence-corrected chi connectivity index (χ4v) is 2.47. The minimum absolute atomic E-state index is 0.0559. The lowest BCUT2D eigenvalue weighted by Crippen LogP contribution is -2.27. The van der Waals surface area contributed by atoms with Gasteiger partial charge in [-0.05, 0) is 11.6 Å². The molecular formula is C10H12ClN5O3. The molecule has 0 aliphatic carbocycles. The third-order valence-electron chi connectivity index (χ3n) is 3.17. The van der Waals surface area contributed by atoms with E-state index in [-0.39, 0.29) is 23.8 Å². The summed E-state index contributed by atoms with van der Waals surface area (Å²) in [4.78, 5) is 10.8. The summed E-state index contributed by atoms with van der Waals surface area (Å²) in [6, 6.07) is 0. The van der Waals surface area contributed by atoms with Crippen LogP contribution < -0.4 is 5.49 Å². The zero-order valence-electron chi connectivity index (χ0n) is 9.75. The molecule has 0 bridgehead atoms. The second kappa shape index (κ2) is 4.57. The maximum atomic E-state index is 9.73. The average Bonchev–Trinajstić information content (AvgIpc) is 2.95. The Morgan fingerprint density at radius 1 is 1.63 bits per heavy atom. The number of imidazole rings is 1. The monoisotopic (exact) mass is 285 g/mol. The van der Waals surface area contributed by atoms with Crippen LogP contribution in [0, 0.1) is 5.41 Å². The highest BCUT2D eigenvalue weighted by Crippen LogP contribution is 2.29.